The average molecular weight is 211 g/mol. The van der Waals surface area contributed by atoms with Gasteiger partial charge in [0.2, 0.25) is 0 Å². The molecule has 0 bridgehead atoms. The lowest BCUT2D eigenvalue weighted by Gasteiger charge is -1.97. The van der Waals surface area contributed by atoms with Gasteiger partial charge in [0.1, 0.15) is 0 Å². The fraction of sp³-hybridized carbons (Fsp3) is 0.100. The number of esters is 1. The van der Waals surface area contributed by atoms with Crippen LogP contribution in [0.1, 0.15) is 10.4 Å². The predicted octanol–water partition coefficient (Wildman–Crippen LogP) is 2.23. The third kappa shape index (κ3) is 1.36. The van der Waals surface area contributed by atoms with E-state index in [2.05, 4.69) is 9.72 Å². The number of fused-ring (bicyclic) bond motifs is 1. The normalized spacial score (nSPS) is 10.6. The van der Waals surface area contributed by atoms with E-state index in [-0.39, 0.29) is 11.1 Å². The van der Waals surface area contributed by atoms with Crippen LogP contribution < -0.4 is 0 Å². The van der Waals surface area contributed by atoms with Crippen LogP contribution in [-0.4, -0.2) is 18.1 Å². The van der Waals surface area contributed by atoms with Crippen molar-refractivity contribution < 1.29 is 18.3 Å². The Kier molecular flexibility index (Phi) is 2.15. The standard InChI is InChI=1S/C10H7F2NO2/c1-15-10(14)6-4-13-9-5(6)2-3-7(11)8(9)12/h2-4,13H,1H3. The summed E-state index contributed by atoms with van der Waals surface area (Å²) in [5.41, 5.74) is 0.154. The first-order chi connectivity index (χ1) is 7.15. The van der Waals surface area contributed by atoms with Gasteiger partial charge in [-0.1, -0.05) is 0 Å². The number of halogens is 2. The Morgan fingerprint density at radius 2 is 2.13 bits per heavy atom. The minimum atomic E-state index is -0.998. The maximum atomic E-state index is 13.2. The minimum absolute atomic E-state index is 0.0320. The summed E-state index contributed by atoms with van der Waals surface area (Å²) in [7, 11) is 1.22. The van der Waals surface area contributed by atoms with Crippen LogP contribution in [0.15, 0.2) is 18.3 Å². The topological polar surface area (TPSA) is 42.1 Å². The zero-order valence-electron chi connectivity index (χ0n) is 7.80. The number of aromatic nitrogens is 1. The van der Waals surface area contributed by atoms with Crippen LogP contribution in [-0.2, 0) is 4.74 Å². The van der Waals surface area contributed by atoms with E-state index in [4.69, 9.17) is 0 Å². The molecule has 3 nitrogen and oxygen atoms in total. The number of H-pyrrole nitrogens is 1. The van der Waals surface area contributed by atoms with Crippen LogP contribution in [0.5, 0.6) is 0 Å². The molecule has 5 heteroatoms. The van der Waals surface area contributed by atoms with Crippen LogP contribution in [0.4, 0.5) is 8.78 Å². The zero-order chi connectivity index (χ0) is 11.0. The van der Waals surface area contributed by atoms with E-state index in [9.17, 15) is 13.6 Å². The molecule has 1 heterocycles. The molecular weight excluding hydrogens is 204 g/mol. The van der Waals surface area contributed by atoms with E-state index in [1.54, 1.807) is 0 Å². The SMILES string of the molecule is COC(=O)c1c[nH]c2c(F)c(F)ccc12. The first-order valence-electron chi connectivity index (χ1n) is 4.18. The summed E-state index contributed by atoms with van der Waals surface area (Å²) in [5, 5.41) is 0.306. The summed E-state index contributed by atoms with van der Waals surface area (Å²) in [6.07, 6.45) is 1.29. The van der Waals surface area contributed by atoms with Crippen molar-refractivity contribution in [1.82, 2.24) is 4.98 Å². The number of methoxy groups -OCH3 is 1. The number of ether oxygens (including phenoxy) is 1. The molecule has 2 rings (SSSR count). The van der Waals surface area contributed by atoms with Crippen molar-refractivity contribution in [2.45, 2.75) is 0 Å². The van der Waals surface area contributed by atoms with Crippen LogP contribution in [0.2, 0.25) is 0 Å². The molecule has 1 N–H and O–H groups in total. The molecular formula is C10H7F2NO2. The Bertz CT molecular complexity index is 533. The maximum absolute atomic E-state index is 13.2. The number of carbonyl (C=O) groups is 1. The highest BCUT2D eigenvalue weighted by Crippen LogP contribution is 2.23. The van der Waals surface area contributed by atoms with E-state index in [1.807, 2.05) is 0 Å². The van der Waals surface area contributed by atoms with Crippen molar-refractivity contribution in [3.8, 4) is 0 Å². The Labute approximate surface area is 83.7 Å². The number of carbonyl (C=O) groups excluding carboxylic acids is 1. The summed E-state index contributed by atoms with van der Waals surface area (Å²) in [5.74, 6) is -2.55. The number of benzene rings is 1. The summed E-state index contributed by atoms with van der Waals surface area (Å²) in [4.78, 5) is 13.7. The van der Waals surface area contributed by atoms with Crippen molar-refractivity contribution in [2.24, 2.45) is 0 Å². The minimum Gasteiger partial charge on any atom is -0.465 e. The average Bonchev–Trinajstić information content (AvgIpc) is 2.66. The van der Waals surface area contributed by atoms with Crippen molar-refractivity contribution in [3.63, 3.8) is 0 Å². The molecule has 0 fully saturated rings. The predicted molar refractivity (Wildman–Crippen MR) is 49.6 cm³/mol. The Morgan fingerprint density at radius 1 is 1.40 bits per heavy atom. The molecule has 78 valence electrons. The quantitative estimate of drug-likeness (QED) is 0.735. The summed E-state index contributed by atoms with van der Waals surface area (Å²) >= 11 is 0. The van der Waals surface area contributed by atoms with Gasteiger partial charge in [0.05, 0.1) is 18.2 Å². The molecule has 0 aliphatic heterocycles. The molecule has 0 unspecified atom stereocenters. The lowest BCUT2D eigenvalue weighted by Crippen LogP contribution is -1.99. The van der Waals surface area contributed by atoms with Gasteiger partial charge in [0.15, 0.2) is 11.6 Å². The second-order valence-electron chi connectivity index (χ2n) is 2.98. The van der Waals surface area contributed by atoms with Gasteiger partial charge >= 0.3 is 5.97 Å². The van der Waals surface area contributed by atoms with Gasteiger partial charge in [0, 0.05) is 11.6 Å². The van der Waals surface area contributed by atoms with Crippen molar-refractivity contribution >= 4 is 16.9 Å². The maximum Gasteiger partial charge on any atom is 0.340 e. The van der Waals surface area contributed by atoms with E-state index >= 15 is 0 Å². The fourth-order valence-corrected chi connectivity index (χ4v) is 1.42. The smallest absolute Gasteiger partial charge is 0.340 e. The van der Waals surface area contributed by atoms with Crippen molar-refractivity contribution in [1.29, 1.82) is 0 Å². The molecule has 1 aromatic heterocycles. The van der Waals surface area contributed by atoms with Crippen molar-refractivity contribution in [3.05, 3.63) is 35.5 Å². The highest BCUT2D eigenvalue weighted by atomic mass is 19.2. The third-order valence-electron chi connectivity index (χ3n) is 2.15. The fourth-order valence-electron chi connectivity index (χ4n) is 1.42. The van der Waals surface area contributed by atoms with Gasteiger partial charge in [-0.15, -0.1) is 0 Å². The third-order valence-corrected chi connectivity index (χ3v) is 2.15. The summed E-state index contributed by atoms with van der Waals surface area (Å²) in [6.45, 7) is 0. The number of aromatic amines is 1. The van der Waals surface area contributed by atoms with E-state index < -0.39 is 17.6 Å². The van der Waals surface area contributed by atoms with E-state index in [1.165, 1.54) is 19.4 Å². The van der Waals surface area contributed by atoms with Gasteiger partial charge in [-0.2, -0.15) is 0 Å². The van der Waals surface area contributed by atoms with Gasteiger partial charge in [0.25, 0.3) is 0 Å². The largest absolute Gasteiger partial charge is 0.465 e. The van der Waals surface area contributed by atoms with Gasteiger partial charge in [-0.05, 0) is 12.1 Å². The second-order valence-corrected chi connectivity index (χ2v) is 2.98. The molecule has 0 amide bonds. The number of rotatable bonds is 1. The first kappa shape index (κ1) is 9.64. The Morgan fingerprint density at radius 3 is 2.80 bits per heavy atom. The van der Waals surface area contributed by atoms with Crippen LogP contribution in [0.3, 0.4) is 0 Å². The highest BCUT2D eigenvalue weighted by Gasteiger charge is 2.16. The van der Waals surface area contributed by atoms with Crippen LogP contribution in [0.25, 0.3) is 10.9 Å². The Balaban J connectivity index is 2.72. The summed E-state index contributed by atoms with van der Waals surface area (Å²) < 4.78 is 30.5. The van der Waals surface area contributed by atoms with E-state index in [0.717, 1.165) is 6.07 Å². The molecule has 0 saturated carbocycles. The van der Waals surface area contributed by atoms with Gasteiger partial charge in [-0.3, -0.25) is 0 Å². The van der Waals surface area contributed by atoms with E-state index in [0.29, 0.717) is 5.39 Å². The molecule has 1 aromatic carbocycles. The number of nitrogens with one attached hydrogen (secondary N) is 1. The monoisotopic (exact) mass is 211 g/mol. The lowest BCUT2D eigenvalue weighted by atomic mass is 10.1. The van der Waals surface area contributed by atoms with Crippen LogP contribution in [0, 0.1) is 11.6 Å². The van der Waals surface area contributed by atoms with Crippen molar-refractivity contribution in [2.75, 3.05) is 7.11 Å². The molecule has 0 saturated heterocycles. The molecule has 0 radical (unpaired) electrons. The molecule has 0 aliphatic rings. The molecule has 0 aliphatic carbocycles. The second kappa shape index (κ2) is 3.34. The molecule has 15 heavy (non-hydrogen) atoms. The summed E-state index contributed by atoms with van der Waals surface area (Å²) in [6, 6.07) is 2.30. The highest BCUT2D eigenvalue weighted by molar-refractivity contribution is 6.04. The van der Waals surface area contributed by atoms with Gasteiger partial charge < -0.3 is 9.72 Å². The molecule has 0 atom stereocenters. The number of hydrogen-bond acceptors (Lipinski definition) is 2. The molecule has 2 aromatic rings. The lowest BCUT2D eigenvalue weighted by molar-refractivity contribution is 0.0603. The molecule has 0 spiro atoms. The zero-order valence-corrected chi connectivity index (χ0v) is 7.80. The van der Waals surface area contributed by atoms with Gasteiger partial charge in [-0.25, -0.2) is 13.6 Å². The van der Waals surface area contributed by atoms with Crippen LogP contribution >= 0.6 is 0 Å². The first-order valence-corrected chi connectivity index (χ1v) is 4.18. The Hall–Kier alpha value is -1.91. The number of hydrogen-bond donors (Lipinski definition) is 1.